The van der Waals surface area contributed by atoms with E-state index in [-0.39, 0.29) is 11.2 Å². The van der Waals surface area contributed by atoms with Crippen molar-refractivity contribution in [3.63, 3.8) is 0 Å². The Labute approximate surface area is 213 Å². The van der Waals surface area contributed by atoms with Gasteiger partial charge in [-0.05, 0) is 68.3 Å². The zero-order valence-corrected chi connectivity index (χ0v) is 21.2. The predicted octanol–water partition coefficient (Wildman–Crippen LogP) is 6.07. The van der Waals surface area contributed by atoms with Crippen LogP contribution in [0.1, 0.15) is 53.6 Å². The molecule has 1 saturated heterocycles. The Hall–Kier alpha value is -2.65. The molecule has 0 unspecified atom stereocenters. The summed E-state index contributed by atoms with van der Waals surface area (Å²) in [6, 6.07) is 13.2. The molecule has 1 aliphatic carbocycles. The smallest absolute Gasteiger partial charge is 0.305 e. The highest BCUT2D eigenvalue weighted by atomic mass is 32.2. The first-order valence-electron chi connectivity index (χ1n) is 12.2. The summed E-state index contributed by atoms with van der Waals surface area (Å²) in [7, 11) is 1.95. The molecule has 2 fully saturated rings. The van der Waals surface area contributed by atoms with E-state index in [2.05, 4.69) is 15.1 Å². The molecule has 2 atom stereocenters. The van der Waals surface area contributed by atoms with Gasteiger partial charge in [0, 0.05) is 30.5 Å². The second kappa shape index (κ2) is 9.67. The normalized spacial score (nSPS) is 21.9. The van der Waals surface area contributed by atoms with Crippen LogP contribution < -0.4 is 0 Å². The number of benzene rings is 2. The lowest BCUT2D eigenvalue weighted by Gasteiger charge is -2.16. The molecule has 2 heterocycles. The van der Waals surface area contributed by atoms with Gasteiger partial charge in [-0.25, -0.2) is 0 Å². The van der Waals surface area contributed by atoms with E-state index in [0.29, 0.717) is 11.5 Å². The lowest BCUT2D eigenvalue weighted by Crippen LogP contribution is -2.23. The topological polar surface area (TPSA) is 51.0 Å². The number of hydrogen-bond donors (Lipinski definition) is 0. The van der Waals surface area contributed by atoms with Crippen molar-refractivity contribution >= 4 is 17.5 Å². The summed E-state index contributed by atoms with van der Waals surface area (Å²) in [5.41, 5.74) is 2.30. The van der Waals surface area contributed by atoms with Crippen LogP contribution in [0.3, 0.4) is 0 Å². The third-order valence-corrected chi connectivity index (χ3v) is 8.64. The number of ketones is 1. The zero-order chi connectivity index (χ0) is 25.5. The number of likely N-dealkylation sites (tertiary alicyclic amines) is 1. The molecule has 1 spiro atoms. The van der Waals surface area contributed by atoms with Crippen molar-refractivity contribution in [3.05, 3.63) is 65.2 Å². The van der Waals surface area contributed by atoms with Crippen molar-refractivity contribution in [1.29, 1.82) is 0 Å². The van der Waals surface area contributed by atoms with Crippen molar-refractivity contribution in [1.82, 2.24) is 19.7 Å². The molecule has 190 valence electrons. The molecular formula is C27H29F3N4OS. The maximum atomic E-state index is 12.8. The Morgan fingerprint density at radius 2 is 1.83 bits per heavy atom. The van der Waals surface area contributed by atoms with Gasteiger partial charge in [-0.15, -0.1) is 10.2 Å². The third kappa shape index (κ3) is 5.09. The minimum atomic E-state index is -4.28. The predicted molar refractivity (Wildman–Crippen MR) is 134 cm³/mol. The van der Waals surface area contributed by atoms with Crippen molar-refractivity contribution in [2.24, 2.45) is 12.5 Å². The van der Waals surface area contributed by atoms with Gasteiger partial charge < -0.3 is 9.47 Å². The molecule has 0 bridgehead atoms. The molecule has 36 heavy (non-hydrogen) atoms. The molecule has 9 heteroatoms. The molecule has 2 aromatic carbocycles. The van der Waals surface area contributed by atoms with Crippen LogP contribution in [0.4, 0.5) is 13.2 Å². The van der Waals surface area contributed by atoms with Gasteiger partial charge in [0.25, 0.3) is 0 Å². The molecule has 3 aromatic rings. The molecule has 5 nitrogen and oxygen atoms in total. The Kier molecular flexibility index (Phi) is 6.72. The fourth-order valence-electron chi connectivity index (χ4n) is 5.35. The van der Waals surface area contributed by atoms with Gasteiger partial charge in [0.05, 0.1) is 5.56 Å². The molecule has 1 aromatic heterocycles. The molecular weight excluding hydrogens is 485 g/mol. The number of carbonyl (C=O) groups excluding carboxylic acids is 1. The van der Waals surface area contributed by atoms with Gasteiger partial charge >= 0.3 is 6.18 Å². The fourth-order valence-corrected chi connectivity index (χ4v) is 6.18. The summed E-state index contributed by atoms with van der Waals surface area (Å²) in [5, 5.41) is 9.54. The first kappa shape index (κ1) is 25.0. The van der Waals surface area contributed by atoms with Crippen molar-refractivity contribution in [2.45, 2.75) is 43.4 Å². The number of rotatable bonds is 8. The maximum Gasteiger partial charge on any atom is 0.416 e. The van der Waals surface area contributed by atoms with Crippen molar-refractivity contribution in [2.75, 3.05) is 25.4 Å². The minimum absolute atomic E-state index is 0.0384. The average molecular weight is 515 g/mol. The number of nitrogens with zero attached hydrogens (tertiary/aromatic N) is 4. The number of carbonyl (C=O) groups is 1. The quantitative estimate of drug-likeness (QED) is 0.208. The summed E-state index contributed by atoms with van der Waals surface area (Å²) in [5.74, 6) is 2.12. The second-order valence-corrected chi connectivity index (χ2v) is 11.0. The Balaban J connectivity index is 1.09. The molecule has 1 saturated carbocycles. The largest absolute Gasteiger partial charge is 0.416 e. The minimum Gasteiger partial charge on any atom is -0.305 e. The van der Waals surface area contributed by atoms with Crippen LogP contribution in [0.15, 0.2) is 53.7 Å². The van der Waals surface area contributed by atoms with E-state index in [1.807, 2.05) is 35.9 Å². The summed E-state index contributed by atoms with van der Waals surface area (Å²) in [4.78, 5) is 14.0. The Morgan fingerprint density at radius 1 is 1.11 bits per heavy atom. The summed E-state index contributed by atoms with van der Waals surface area (Å²) in [6.07, 6.45) is -1.07. The van der Waals surface area contributed by atoms with Gasteiger partial charge in [0.1, 0.15) is 0 Å². The average Bonchev–Trinajstić information content (AvgIpc) is 3.20. The van der Waals surface area contributed by atoms with Crippen LogP contribution in [-0.2, 0) is 13.2 Å². The molecule has 0 amide bonds. The number of hydrogen-bond acceptors (Lipinski definition) is 5. The molecule has 0 N–H and O–H groups in total. The number of thioether (sulfide) groups is 1. The second-order valence-electron chi connectivity index (χ2n) is 9.97. The van der Waals surface area contributed by atoms with Crippen molar-refractivity contribution in [3.8, 4) is 11.4 Å². The van der Waals surface area contributed by atoms with Crippen LogP contribution >= 0.6 is 11.8 Å². The van der Waals surface area contributed by atoms with Crippen LogP contribution in [0, 0.1) is 5.41 Å². The van der Waals surface area contributed by atoms with Gasteiger partial charge in [0.15, 0.2) is 16.8 Å². The van der Waals surface area contributed by atoms with Crippen molar-refractivity contribution < 1.29 is 18.0 Å². The summed E-state index contributed by atoms with van der Waals surface area (Å²) >= 11 is 1.69. The highest BCUT2D eigenvalue weighted by Gasteiger charge is 2.57. The van der Waals surface area contributed by atoms with Gasteiger partial charge in [-0.3, -0.25) is 4.79 Å². The van der Waals surface area contributed by atoms with E-state index in [0.717, 1.165) is 66.8 Å². The number of aromatic nitrogens is 3. The van der Waals surface area contributed by atoms with Gasteiger partial charge in [0.2, 0.25) is 0 Å². The van der Waals surface area contributed by atoms with Gasteiger partial charge in [-0.2, -0.15) is 13.2 Å². The van der Waals surface area contributed by atoms with Crippen LogP contribution in [0.2, 0.25) is 0 Å². The molecule has 5 rings (SSSR count). The van der Waals surface area contributed by atoms with E-state index < -0.39 is 11.7 Å². The van der Waals surface area contributed by atoms with Crippen LogP contribution in [0.5, 0.6) is 0 Å². The first-order chi connectivity index (χ1) is 17.2. The Bertz CT molecular complexity index is 1240. The fraction of sp³-hybridized carbons (Fsp3) is 0.444. The summed E-state index contributed by atoms with van der Waals surface area (Å²) < 4.78 is 40.5. The van der Waals surface area contributed by atoms with E-state index in [1.54, 1.807) is 30.8 Å². The molecule has 1 aliphatic heterocycles. The van der Waals surface area contributed by atoms with E-state index in [9.17, 15) is 18.0 Å². The highest BCUT2D eigenvalue weighted by Crippen LogP contribution is 2.64. The Morgan fingerprint density at radius 3 is 2.50 bits per heavy atom. The summed E-state index contributed by atoms with van der Waals surface area (Å²) in [6.45, 7) is 4.63. The van der Waals surface area contributed by atoms with Crippen LogP contribution in [0.25, 0.3) is 11.4 Å². The third-order valence-electron chi connectivity index (χ3n) is 7.53. The van der Waals surface area contributed by atoms with E-state index in [4.69, 9.17) is 0 Å². The number of alkyl halides is 3. The SMILES string of the molecule is CC(=O)c1ccc(-c2nnc(SCCCN3CC[C@]4(C[C@@H]4c4ccc(C(F)(F)F)cc4)C3)n2C)cc1. The first-order valence-corrected chi connectivity index (χ1v) is 13.2. The maximum absolute atomic E-state index is 12.8. The lowest BCUT2D eigenvalue weighted by molar-refractivity contribution is -0.137. The lowest BCUT2D eigenvalue weighted by atomic mass is 9.97. The van der Waals surface area contributed by atoms with E-state index >= 15 is 0 Å². The molecule has 0 radical (unpaired) electrons. The highest BCUT2D eigenvalue weighted by molar-refractivity contribution is 7.99. The standard InChI is InChI=1S/C27H29F3N4OS/c1-18(35)19-4-6-21(7-5-19)24-31-32-25(33(24)2)36-15-3-13-34-14-12-26(17-34)16-23(26)20-8-10-22(11-9-20)27(28,29)30/h4-11,23H,3,12-17H2,1-2H3/t23-,26+/m1/s1. The molecule has 2 aliphatic rings. The zero-order valence-electron chi connectivity index (χ0n) is 20.4. The monoisotopic (exact) mass is 514 g/mol. The van der Waals surface area contributed by atoms with Crippen LogP contribution in [-0.4, -0.2) is 50.8 Å². The number of Topliss-reactive ketones (excluding diaryl/α,β-unsaturated/α-hetero) is 1. The van der Waals surface area contributed by atoms with Gasteiger partial charge in [-0.1, -0.05) is 48.2 Å². The number of halogens is 3. The van der Waals surface area contributed by atoms with E-state index in [1.165, 1.54) is 12.1 Å².